The number of aromatic nitrogens is 1. The molecule has 0 spiro atoms. The molecular weight excluding hydrogens is 240 g/mol. The van der Waals surface area contributed by atoms with Crippen molar-refractivity contribution in [1.82, 2.24) is 4.98 Å². The van der Waals surface area contributed by atoms with Crippen LogP contribution in [0.2, 0.25) is 0 Å². The van der Waals surface area contributed by atoms with Gasteiger partial charge in [0, 0.05) is 17.9 Å². The number of para-hydroxylation sites is 1. The van der Waals surface area contributed by atoms with Crippen LogP contribution in [0.15, 0.2) is 24.3 Å². The first-order valence-electron chi connectivity index (χ1n) is 6.54. The lowest BCUT2D eigenvalue weighted by molar-refractivity contribution is -0.114. The van der Waals surface area contributed by atoms with E-state index >= 15 is 0 Å². The second-order valence-corrected chi connectivity index (χ2v) is 4.96. The molecule has 98 valence electrons. The van der Waals surface area contributed by atoms with Crippen molar-refractivity contribution in [2.24, 2.45) is 0 Å². The van der Waals surface area contributed by atoms with Gasteiger partial charge in [0.15, 0.2) is 0 Å². The molecule has 0 fully saturated rings. The summed E-state index contributed by atoms with van der Waals surface area (Å²) in [7, 11) is 0. The number of nitrogens with one attached hydrogen (secondary N) is 1. The zero-order valence-electron chi connectivity index (χ0n) is 10.8. The van der Waals surface area contributed by atoms with Gasteiger partial charge in [-0.25, -0.2) is 4.98 Å². The first kappa shape index (κ1) is 12.1. The van der Waals surface area contributed by atoms with Gasteiger partial charge in [-0.1, -0.05) is 18.2 Å². The van der Waals surface area contributed by atoms with Crippen LogP contribution in [0, 0.1) is 0 Å². The zero-order chi connectivity index (χ0) is 13.4. The third-order valence-corrected chi connectivity index (χ3v) is 3.55. The maximum atomic E-state index is 11.4. The topological polar surface area (TPSA) is 62.2 Å². The minimum atomic E-state index is -0.527. The van der Waals surface area contributed by atoms with Gasteiger partial charge < -0.3 is 10.4 Å². The van der Waals surface area contributed by atoms with Crippen LogP contribution >= 0.6 is 0 Å². The maximum absolute atomic E-state index is 11.4. The van der Waals surface area contributed by atoms with Crippen molar-refractivity contribution in [1.29, 1.82) is 0 Å². The van der Waals surface area contributed by atoms with Crippen molar-refractivity contribution in [3.8, 4) is 0 Å². The van der Waals surface area contributed by atoms with Crippen LogP contribution in [0.1, 0.15) is 37.1 Å². The summed E-state index contributed by atoms with van der Waals surface area (Å²) in [5.74, 6) is -0.0985. The Bertz CT molecular complexity index is 652. The standard InChI is InChI=1S/C15H16N2O2/c1-9(18)16-14-10-5-2-3-7-12(10)17-15-11(14)6-4-8-13(15)19/h2-3,5,7,13,19H,4,6,8H2,1H3,(H,16,17,18). The Labute approximate surface area is 111 Å². The average Bonchev–Trinajstić information content (AvgIpc) is 2.39. The van der Waals surface area contributed by atoms with Crippen LogP contribution in [0.4, 0.5) is 5.69 Å². The third-order valence-electron chi connectivity index (χ3n) is 3.55. The third kappa shape index (κ3) is 2.08. The largest absolute Gasteiger partial charge is 0.387 e. The monoisotopic (exact) mass is 256 g/mol. The van der Waals surface area contributed by atoms with Crippen LogP contribution in [0.5, 0.6) is 0 Å². The van der Waals surface area contributed by atoms with Crippen molar-refractivity contribution in [3.05, 3.63) is 35.5 Å². The molecule has 1 aliphatic rings. The molecule has 0 saturated heterocycles. The quantitative estimate of drug-likeness (QED) is 0.824. The number of carbonyl (C=O) groups is 1. The molecule has 2 aromatic rings. The van der Waals surface area contributed by atoms with E-state index in [0.717, 1.165) is 41.4 Å². The van der Waals surface area contributed by atoms with Gasteiger partial charge >= 0.3 is 0 Å². The van der Waals surface area contributed by atoms with E-state index in [-0.39, 0.29) is 5.91 Å². The van der Waals surface area contributed by atoms with Crippen molar-refractivity contribution >= 4 is 22.5 Å². The summed E-state index contributed by atoms with van der Waals surface area (Å²) >= 11 is 0. The number of nitrogens with zero attached hydrogens (tertiary/aromatic N) is 1. The van der Waals surface area contributed by atoms with Crippen molar-refractivity contribution in [2.45, 2.75) is 32.3 Å². The molecule has 3 rings (SSSR count). The Morgan fingerprint density at radius 1 is 1.42 bits per heavy atom. The molecule has 4 nitrogen and oxygen atoms in total. The summed E-state index contributed by atoms with van der Waals surface area (Å²) in [5.41, 5.74) is 3.32. The van der Waals surface area contributed by atoms with Gasteiger partial charge in [-0.05, 0) is 25.3 Å². The predicted molar refractivity (Wildman–Crippen MR) is 73.9 cm³/mol. The van der Waals surface area contributed by atoms with E-state index in [1.54, 1.807) is 0 Å². The second kappa shape index (κ2) is 4.63. The molecule has 1 aromatic carbocycles. The van der Waals surface area contributed by atoms with Crippen LogP contribution in [0.25, 0.3) is 10.9 Å². The van der Waals surface area contributed by atoms with E-state index in [1.807, 2.05) is 24.3 Å². The number of aliphatic hydroxyl groups is 1. The van der Waals surface area contributed by atoms with Crippen molar-refractivity contribution in [3.63, 3.8) is 0 Å². The van der Waals surface area contributed by atoms with E-state index in [9.17, 15) is 9.90 Å². The Hall–Kier alpha value is -1.94. The van der Waals surface area contributed by atoms with Gasteiger partial charge in [-0.2, -0.15) is 0 Å². The van der Waals surface area contributed by atoms with Crippen molar-refractivity contribution < 1.29 is 9.90 Å². The molecule has 0 bridgehead atoms. The van der Waals surface area contributed by atoms with E-state index in [2.05, 4.69) is 10.3 Å². The molecule has 0 aliphatic heterocycles. The molecule has 19 heavy (non-hydrogen) atoms. The summed E-state index contributed by atoms with van der Waals surface area (Å²) in [6.45, 7) is 1.50. The van der Waals surface area contributed by atoms with E-state index in [0.29, 0.717) is 5.69 Å². The molecule has 1 amide bonds. The summed E-state index contributed by atoms with van der Waals surface area (Å²) in [6, 6.07) is 7.70. The first-order valence-corrected chi connectivity index (χ1v) is 6.54. The molecule has 1 atom stereocenters. The Kier molecular flexibility index (Phi) is 2.95. The zero-order valence-corrected chi connectivity index (χ0v) is 10.8. The number of fused-ring (bicyclic) bond motifs is 2. The van der Waals surface area contributed by atoms with Gasteiger partial charge in [0.1, 0.15) is 0 Å². The van der Waals surface area contributed by atoms with Crippen LogP contribution in [0.3, 0.4) is 0 Å². The smallest absolute Gasteiger partial charge is 0.221 e. The summed E-state index contributed by atoms with van der Waals surface area (Å²) in [6.07, 6.45) is 1.97. The number of amides is 1. The Morgan fingerprint density at radius 2 is 2.21 bits per heavy atom. The highest BCUT2D eigenvalue weighted by molar-refractivity contribution is 6.01. The molecule has 1 aliphatic carbocycles. The number of pyridine rings is 1. The molecule has 1 unspecified atom stereocenters. The molecule has 0 radical (unpaired) electrons. The number of rotatable bonds is 1. The van der Waals surface area contributed by atoms with E-state index in [1.165, 1.54) is 6.92 Å². The van der Waals surface area contributed by atoms with Gasteiger partial charge in [-0.3, -0.25) is 4.79 Å². The SMILES string of the molecule is CC(=O)Nc1c2c(nc3ccccc13)C(O)CCC2. The van der Waals surface area contributed by atoms with Gasteiger partial charge in [0.25, 0.3) is 0 Å². The normalized spacial score (nSPS) is 18.1. The van der Waals surface area contributed by atoms with E-state index < -0.39 is 6.10 Å². The predicted octanol–water partition coefficient (Wildman–Crippen LogP) is 2.56. The van der Waals surface area contributed by atoms with Crippen LogP contribution in [-0.2, 0) is 11.2 Å². The summed E-state index contributed by atoms with van der Waals surface area (Å²) in [5, 5.41) is 13.9. The van der Waals surface area contributed by atoms with Gasteiger partial charge in [-0.15, -0.1) is 0 Å². The molecule has 1 aromatic heterocycles. The number of anilines is 1. The summed E-state index contributed by atoms with van der Waals surface area (Å²) < 4.78 is 0. The minimum absolute atomic E-state index is 0.0985. The van der Waals surface area contributed by atoms with Gasteiger partial charge in [0.2, 0.25) is 5.91 Å². The average molecular weight is 256 g/mol. The second-order valence-electron chi connectivity index (χ2n) is 4.96. The fourth-order valence-electron chi connectivity index (χ4n) is 2.73. The highest BCUT2D eigenvalue weighted by Gasteiger charge is 2.24. The number of carbonyl (C=O) groups excluding carboxylic acids is 1. The van der Waals surface area contributed by atoms with E-state index in [4.69, 9.17) is 0 Å². The molecule has 0 saturated carbocycles. The van der Waals surface area contributed by atoms with Crippen LogP contribution in [-0.4, -0.2) is 16.0 Å². The molecule has 4 heteroatoms. The number of hydrogen-bond donors (Lipinski definition) is 2. The molecule has 2 N–H and O–H groups in total. The summed E-state index contributed by atoms with van der Waals surface area (Å²) in [4.78, 5) is 16.0. The van der Waals surface area contributed by atoms with Gasteiger partial charge in [0.05, 0.1) is 23.0 Å². The number of aliphatic hydroxyl groups excluding tert-OH is 1. The van der Waals surface area contributed by atoms with Crippen molar-refractivity contribution in [2.75, 3.05) is 5.32 Å². The fraction of sp³-hybridized carbons (Fsp3) is 0.333. The number of benzene rings is 1. The lowest BCUT2D eigenvalue weighted by Gasteiger charge is -2.24. The first-order chi connectivity index (χ1) is 9.16. The Morgan fingerprint density at radius 3 is 3.00 bits per heavy atom. The highest BCUT2D eigenvalue weighted by Crippen LogP contribution is 2.37. The lowest BCUT2D eigenvalue weighted by atomic mass is 9.91. The molecular formula is C15H16N2O2. The van der Waals surface area contributed by atoms with Crippen LogP contribution < -0.4 is 5.32 Å². The maximum Gasteiger partial charge on any atom is 0.221 e. The minimum Gasteiger partial charge on any atom is -0.387 e. The highest BCUT2D eigenvalue weighted by atomic mass is 16.3. The molecule has 1 heterocycles. The number of hydrogen-bond acceptors (Lipinski definition) is 3. The lowest BCUT2D eigenvalue weighted by Crippen LogP contribution is -2.17. The fourth-order valence-corrected chi connectivity index (χ4v) is 2.73. The Balaban J connectivity index is 2.30.